The summed E-state index contributed by atoms with van der Waals surface area (Å²) in [6.45, 7) is 56.6. The Bertz CT molecular complexity index is 7290. The van der Waals surface area contributed by atoms with E-state index in [9.17, 15) is 0 Å². The summed E-state index contributed by atoms with van der Waals surface area (Å²) in [6, 6.07) is 52.7. The summed E-state index contributed by atoms with van der Waals surface area (Å²) in [5.41, 5.74) is 78.9. The van der Waals surface area contributed by atoms with E-state index in [2.05, 4.69) is 347 Å². The molecule has 0 N–H and O–H groups in total. The van der Waals surface area contributed by atoms with E-state index in [0.29, 0.717) is 0 Å². The summed E-state index contributed by atoms with van der Waals surface area (Å²) >= 11 is 0. The van der Waals surface area contributed by atoms with Crippen molar-refractivity contribution >= 4 is 0 Å². The molecule has 130 heavy (non-hydrogen) atoms. The van der Waals surface area contributed by atoms with E-state index in [1.807, 2.05) is 55.4 Å². The number of hydrogen-bond donors (Lipinski definition) is 0. The number of fused-ring (bicyclic) bond motifs is 24. The molecule has 24 rings (SSSR count). The number of nitrogens with zero attached hydrogens (tertiary/aromatic N) is 8. The first kappa shape index (κ1) is 89.0. The molecule has 0 amide bonds. The molecule has 0 saturated heterocycles. The lowest BCUT2D eigenvalue weighted by molar-refractivity contribution is 1.10. The predicted molar refractivity (Wildman–Crippen MR) is 543 cm³/mol. The molecule has 0 bridgehead atoms. The average Bonchev–Trinajstić information content (AvgIpc) is 1.57. The molecule has 16 aromatic rings. The van der Waals surface area contributed by atoms with Crippen LogP contribution >= 0.6 is 0 Å². The zero-order valence-corrected chi connectivity index (χ0v) is 81.6. The van der Waals surface area contributed by atoms with Crippen molar-refractivity contribution in [2.24, 2.45) is 0 Å². The van der Waals surface area contributed by atoms with Crippen LogP contribution in [0, 0.1) is 180 Å². The molecular weight excluding hydrogens is 1580 g/mol. The summed E-state index contributed by atoms with van der Waals surface area (Å²) in [6.07, 6.45) is 20.1. The normalized spacial score (nSPS) is 12.4. The monoisotopic (exact) mass is 1700 g/mol. The van der Waals surface area contributed by atoms with E-state index in [-0.39, 0.29) is 0 Å². The highest BCUT2D eigenvalue weighted by molar-refractivity contribution is 5.85. The molecule has 8 aromatic carbocycles. The maximum absolute atomic E-state index is 4.67. The van der Waals surface area contributed by atoms with Gasteiger partial charge in [0.25, 0.3) is 0 Å². The van der Waals surface area contributed by atoms with Gasteiger partial charge in [-0.25, -0.2) is 0 Å². The largest absolute Gasteiger partial charge is 0.261 e. The second-order valence-electron chi connectivity index (χ2n) is 38.2. The highest BCUT2D eigenvalue weighted by Crippen LogP contribution is 2.48. The zero-order valence-electron chi connectivity index (χ0n) is 81.6. The van der Waals surface area contributed by atoms with Crippen LogP contribution in [-0.2, 0) is 51.4 Å². The highest BCUT2D eigenvalue weighted by atomic mass is 14.7. The zero-order chi connectivity index (χ0) is 92.0. The lowest BCUT2D eigenvalue weighted by Crippen LogP contribution is -1.93. The molecule has 0 aliphatic heterocycles. The maximum Gasteiger partial charge on any atom is 0.0743 e. The van der Waals surface area contributed by atoms with Gasteiger partial charge >= 0.3 is 0 Å². The standard InChI is InChI=1S/3C16H17N.4C15H15N.C14H13N/c1-9-5-6-13-14(10(9)2)7-15-11(3)12(4)17-8-16(13)15;1-9-5-6-13-15(11(9)3)7-14-10(2)8-17-12(4)16(13)14;1-9-5-6-14-15(11(9)3)8-13-7-10(2)17-12(4)16(13)14;1-9-4-7-13-14(11(9)3)8-12-6-5-10(2)16-15(12)13;1-9-6-12-7-14-11(3)10(2)4-5-13(14)15(12)16-8-9;1-9-7-14-13(11(3)10(9)2)8-12-5-4-6-16-15(12)14;1-9-7-10(2)14-13(11(9)3)8-12-5-4-6-16-15(12)14;1-9-5-6-12-13(10(9)2)8-11-4-3-7-15-14(11)12/h2*5-6,8H,7H2,1-4H3;5-7H,8H2,1-4H3;4-7H,8H2,1-3H3;4-6,8H,7H2,1-3H3;2*4-7H,8H2,1-3H3;3-7H,8H2,1-2H3. The lowest BCUT2D eigenvalue weighted by Gasteiger charge is -2.10. The van der Waals surface area contributed by atoms with Crippen molar-refractivity contribution in [1.29, 1.82) is 0 Å². The number of pyridine rings is 8. The van der Waals surface area contributed by atoms with Gasteiger partial charge in [-0.1, -0.05) is 109 Å². The quantitative estimate of drug-likeness (QED) is 0.148. The summed E-state index contributed by atoms with van der Waals surface area (Å²) in [5.74, 6) is 0. The van der Waals surface area contributed by atoms with Crippen LogP contribution in [0.15, 0.2) is 183 Å². The van der Waals surface area contributed by atoms with Crippen LogP contribution in [0.4, 0.5) is 0 Å². The number of benzene rings is 8. The van der Waals surface area contributed by atoms with E-state index in [0.717, 1.165) is 74.1 Å². The highest BCUT2D eigenvalue weighted by Gasteiger charge is 2.31. The minimum absolute atomic E-state index is 1.05. The fraction of sp³-hybridized carbons (Fsp3) is 0.279. The van der Waals surface area contributed by atoms with Crippen molar-refractivity contribution in [2.45, 2.75) is 231 Å². The molecular formula is C122H124N8. The van der Waals surface area contributed by atoms with Gasteiger partial charge in [-0.2, -0.15) is 0 Å². The first-order chi connectivity index (χ1) is 62.2. The van der Waals surface area contributed by atoms with Crippen molar-refractivity contribution in [1.82, 2.24) is 39.9 Å². The van der Waals surface area contributed by atoms with Crippen molar-refractivity contribution in [3.05, 3.63) is 417 Å². The Hall–Kier alpha value is -13.0. The topological polar surface area (TPSA) is 103 Å². The van der Waals surface area contributed by atoms with Crippen LogP contribution in [0.1, 0.15) is 234 Å². The van der Waals surface area contributed by atoms with E-state index in [1.54, 1.807) is 0 Å². The molecule has 0 radical (unpaired) electrons. The Morgan fingerprint density at radius 1 is 0.185 bits per heavy atom. The Morgan fingerprint density at radius 2 is 0.585 bits per heavy atom. The molecule has 652 valence electrons. The lowest BCUT2D eigenvalue weighted by atomic mass is 9.95. The minimum atomic E-state index is 1.05. The van der Waals surface area contributed by atoms with Gasteiger partial charge in [0, 0.05) is 142 Å². The van der Waals surface area contributed by atoms with Crippen LogP contribution in [0.5, 0.6) is 0 Å². The van der Waals surface area contributed by atoms with E-state index >= 15 is 0 Å². The van der Waals surface area contributed by atoms with E-state index in [1.165, 1.54) is 301 Å². The number of rotatable bonds is 0. The molecule has 8 aliphatic rings. The van der Waals surface area contributed by atoms with Crippen molar-refractivity contribution < 1.29 is 0 Å². The third-order valence-electron chi connectivity index (χ3n) is 30.3. The number of aromatic nitrogens is 8. The molecule has 0 spiro atoms. The summed E-state index contributed by atoms with van der Waals surface area (Å²) in [4.78, 5) is 36.4. The van der Waals surface area contributed by atoms with Crippen LogP contribution in [0.25, 0.3) is 89.7 Å². The molecule has 8 heterocycles. The van der Waals surface area contributed by atoms with Crippen LogP contribution in [-0.4, -0.2) is 39.9 Å². The predicted octanol–water partition coefficient (Wildman–Crippen LogP) is 29.2. The molecule has 8 nitrogen and oxygen atoms in total. The number of aryl methyl sites for hydroxylation is 16. The van der Waals surface area contributed by atoms with Crippen LogP contribution in [0.3, 0.4) is 0 Å². The Morgan fingerprint density at radius 3 is 1.15 bits per heavy atom. The van der Waals surface area contributed by atoms with Gasteiger partial charge in [-0.15, -0.1) is 0 Å². The molecule has 0 fully saturated rings. The first-order valence-corrected chi connectivity index (χ1v) is 46.6. The molecule has 0 saturated carbocycles. The van der Waals surface area contributed by atoms with Crippen molar-refractivity contribution in [2.75, 3.05) is 0 Å². The van der Waals surface area contributed by atoms with Gasteiger partial charge in [-0.3, -0.25) is 39.9 Å². The number of hydrogen-bond acceptors (Lipinski definition) is 8. The Kier molecular flexibility index (Phi) is 24.5. The fourth-order valence-corrected chi connectivity index (χ4v) is 21.2. The third-order valence-corrected chi connectivity index (χ3v) is 30.3. The minimum Gasteiger partial charge on any atom is -0.261 e. The van der Waals surface area contributed by atoms with Gasteiger partial charge in [0.05, 0.1) is 28.5 Å². The van der Waals surface area contributed by atoms with E-state index < -0.39 is 0 Å². The van der Waals surface area contributed by atoms with Gasteiger partial charge in [-0.05, 0) is 458 Å². The van der Waals surface area contributed by atoms with E-state index in [4.69, 9.17) is 0 Å². The van der Waals surface area contributed by atoms with Gasteiger partial charge < -0.3 is 0 Å². The second kappa shape index (κ2) is 35.8. The van der Waals surface area contributed by atoms with Gasteiger partial charge in [0.1, 0.15) is 0 Å². The van der Waals surface area contributed by atoms with Crippen LogP contribution < -0.4 is 0 Å². The summed E-state index contributed by atoms with van der Waals surface area (Å²) in [7, 11) is 0. The first-order valence-electron chi connectivity index (χ1n) is 46.6. The fourth-order valence-electron chi connectivity index (χ4n) is 21.2. The Balaban J connectivity index is 0.000000104. The maximum atomic E-state index is 4.67. The average molecular weight is 1700 g/mol. The molecule has 0 atom stereocenters. The smallest absolute Gasteiger partial charge is 0.0743 e. The SMILES string of the molecule is Cc1cc(C)c2c(c1C)Cc1cccnc1-2.Cc1cc2c(c(C)c1C)Cc1cccnc1-2.Cc1cc2c(c(C)n1)-c1ccc(C)c(C)c1C2.Cc1ccc2c(c1C)Cc1c(C)cnc(C)c1-2.Cc1ccc2c(c1C)Cc1c-2cnc(C)c1C.Cc1ccc2c(c1C)Cc1cccnc1-2.Cc1ccc2c(n1)-c1ccc(C)c(C)c1C2.Cc1cnc2c(c1)Cc1c-2ccc(C)c1C. The Labute approximate surface area is 772 Å². The second-order valence-corrected chi connectivity index (χ2v) is 38.2. The van der Waals surface area contributed by atoms with Gasteiger partial charge in [0.2, 0.25) is 0 Å². The van der Waals surface area contributed by atoms with Gasteiger partial charge in [0.15, 0.2) is 0 Å². The molecule has 0 unspecified atom stereocenters. The van der Waals surface area contributed by atoms with Crippen LogP contribution in [0.2, 0.25) is 0 Å². The molecule has 8 aromatic heterocycles. The molecule has 8 aliphatic carbocycles. The van der Waals surface area contributed by atoms with Crippen molar-refractivity contribution in [3.8, 4) is 89.7 Å². The van der Waals surface area contributed by atoms with Crippen molar-refractivity contribution in [3.63, 3.8) is 0 Å². The molecule has 8 heteroatoms. The summed E-state index contributed by atoms with van der Waals surface area (Å²) in [5, 5.41) is 0. The summed E-state index contributed by atoms with van der Waals surface area (Å²) < 4.78 is 0. The third kappa shape index (κ3) is 16.4.